The Labute approximate surface area is 88.8 Å². The SMILES string of the molecule is CCC(C)N(CC)C1CCCC(N)C1. The van der Waals surface area contributed by atoms with Gasteiger partial charge in [0.2, 0.25) is 0 Å². The van der Waals surface area contributed by atoms with Crippen LogP contribution in [0.15, 0.2) is 0 Å². The van der Waals surface area contributed by atoms with Crippen LogP contribution in [0.5, 0.6) is 0 Å². The first-order valence-electron chi connectivity index (χ1n) is 6.20. The molecule has 0 radical (unpaired) electrons. The Balaban J connectivity index is 2.50. The summed E-state index contributed by atoms with van der Waals surface area (Å²) in [5.74, 6) is 0. The summed E-state index contributed by atoms with van der Waals surface area (Å²) in [6.07, 6.45) is 6.36. The van der Waals surface area contributed by atoms with E-state index in [0.29, 0.717) is 6.04 Å². The number of hydrogen-bond donors (Lipinski definition) is 1. The maximum atomic E-state index is 6.03. The van der Waals surface area contributed by atoms with Gasteiger partial charge in [-0.05, 0) is 39.2 Å². The highest BCUT2D eigenvalue weighted by Gasteiger charge is 2.26. The third-order valence-electron chi connectivity index (χ3n) is 3.68. The molecule has 2 nitrogen and oxygen atoms in total. The Hall–Kier alpha value is -0.0800. The number of nitrogens with two attached hydrogens (primary N) is 1. The first kappa shape index (κ1) is 12.0. The molecule has 0 aromatic heterocycles. The van der Waals surface area contributed by atoms with Crippen LogP contribution < -0.4 is 5.73 Å². The topological polar surface area (TPSA) is 29.3 Å². The summed E-state index contributed by atoms with van der Waals surface area (Å²) in [5, 5.41) is 0. The van der Waals surface area contributed by atoms with E-state index in [4.69, 9.17) is 5.73 Å². The molecule has 0 saturated heterocycles. The molecule has 0 bridgehead atoms. The van der Waals surface area contributed by atoms with Gasteiger partial charge in [0.25, 0.3) is 0 Å². The lowest BCUT2D eigenvalue weighted by molar-refractivity contribution is 0.110. The van der Waals surface area contributed by atoms with E-state index in [1.54, 1.807) is 0 Å². The molecule has 2 N–H and O–H groups in total. The minimum Gasteiger partial charge on any atom is -0.328 e. The summed E-state index contributed by atoms with van der Waals surface area (Å²) in [6, 6.07) is 1.92. The van der Waals surface area contributed by atoms with E-state index in [-0.39, 0.29) is 0 Å². The lowest BCUT2D eigenvalue weighted by atomic mass is 9.89. The zero-order chi connectivity index (χ0) is 10.6. The molecule has 1 saturated carbocycles. The normalized spacial score (nSPS) is 30.6. The van der Waals surface area contributed by atoms with Crippen LogP contribution in [-0.4, -0.2) is 29.6 Å². The fourth-order valence-corrected chi connectivity index (χ4v) is 2.67. The van der Waals surface area contributed by atoms with Crippen LogP contribution in [0.25, 0.3) is 0 Å². The van der Waals surface area contributed by atoms with E-state index in [0.717, 1.165) is 12.1 Å². The van der Waals surface area contributed by atoms with Crippen LogP contribution in [0, 0.1) is 0 Å². The van der Waals surface area contributed by atoms with Crippen molar-refractivity contribution in [1.29, 1.82) is 0 Å². The van der Waals surface area contributed by atoms with Gasteiger partial charge in [-0.2, -0.15) is 0 Å². The van der Waals surface area contributed by atoms with E-state index < -0.39 is 0 Å². The summed E-state index contributed by atoms with van der Waals surface area (Å²) in [5.41, 5.74) is 6.03. The van der Waals surface area contributed by atoms with Crippen molar-refractivity contribution in [1.82, 2.24) is 4.90 Å². The second-order valence-corrected chi connectivity index (χ2v) is 4.67. The molecule has 1 fully saturated rings. The summed E-state index contributed by atoms with van der Waals surface area (Å²) in [7, 11) is 0. The van der Waals surface area contributed by atoms with Crippen molar-refractivity contribution < 1.29 is 0 Å². The molecule has 0 aliphatic heterocycles. The van der Waals surface area contributed by atoms with Crippen molar-refractivity contribution in [2.45, 2.75) is 71.0 Å². The van der Waals surface area contributed by atoms with Gasteiger partial charge in [-0.1, -0.05) is 20.3 Å². The number of rotatable bonds is 4. The highest BCUT2D eigenvalue weighted by Crippen LogP contribution is 2.24. The lowest BCUT2D eigenvalue weighted by Gasteiger charge is -2.39. The second kappa shape index (κ2) is 5.72. The molecule has 1 rings (SSSR count). The molecular formula is C12H26N2. The largest absolute Gasteiger partial charge is 0.328 e. The van der Waals surface area contributed by atoms with E-state index in [2.05, 4.69) is 25.7 Å². The predicted octanol–water partition coefficient (Wildman–Crippen LogP) is 2.38. The smallest absolute Gasteiger partial charge is 0.0113 e. The molecule has 0 amide bonds. The monoisotopic (exact) mass is 198 g/mol. The van der Waals surface area contributed by atoms with Crippen LogP contribution >= 0.6 is 0 Å². The van der Waals surface area contributed by atoms with Gasteiger partial charge in [0, 0.05) is 18.1 Å². The fourth-order valence-electron chi connectivity index (χ4n) is 2.67. The lowest BCUT2D eigenvalue weighted by Crippen LogP contribution is -2.46. The third-order valence-corrected chi connectivity index (χ3v) is 3.68. The van der Waals surface area contributed by atoms with Crippen molar-refractivity contribution >= 4 is 0 Å². The Morgan fingerprint density at radius 1 is 1.36 bits per heavy atom. The molecule has 0 aromatic carbocycles. The van der Waals surface area contributed by atoms with Gasteiger partial charge >= 0.3 is 0 Å². The molecule has 3 unspecified atom stereocenters. The summed E-state index contributed by atoms with van der Waals surface area (Å²) < 4.78 is 0. The van der Waals surface area contributed by atoms with Gasteiger partial charge in [0.15, 0.2) is 0 Å². The quantitative estimate of drug-likeness (QED) is 0.751. The van der Waals surface area contributed by atoms with Crippen molar-refractivity contribution in [2.75, 3.05) is 6.54 Å². The van der Waals surface area contributed by atoms with Gasteiger partial charge in [0.1, 0.15) is 0 Å². The average Bonchev–Trinajstić information content (AvgIpc) is 2.19. The Morgan fingerprint density at radius 3 is 2.57 bits per heavy atom. The Kier molecular flexibility index (Phi) is 4.90. The molecule has 84 valence electrons. The van der Waals surface area contributed by atoms with Crippen LogP contribution in [0.4, 0.5) is 0 Å². The van der Waals surface area contributed by atoms with Crippen LogP contribution in [0.2, 0.25) is 0 Å². The molecule has 1 aliphatic carbocycles. The Morgan fingerprint density at radius 2 is 2.07 bits per heavy atom. The highest BCUT2D eigenvalue weighted by molar-refractivity contribution is 4.83. The number of hydrogen-bond acceptors (Lipinski definition) is 2. The molecule has 2 heteroatoms. The molecule has 0 spiro atoms. The van der Waals surface area contributed by atoms with Gasteiger partial charge in [-0.15, -0.1) is 0 Å². The van der Waals surface area contributed by atoms with Crippen molar-refractivity contribution in [3.63, 3.8) is 0 Å². The molecule has 14 heavy (non-hydrogen) atoms. The predicted molar refractivity (Wildman–Crippen MR) is 62.4 cm³/mol. The second-order valence-electron chi connectivity index (χ2n) is 4.67. The fraction of sp³-hybridized carbons (Fsp3) is 1.00. The van der Waals surface area contributed by atoms with Crippen molar-refractivity contribution in [2.24, 2.45) is 5.73 Å². The molecule has 0 aromatic rings. The maximum Gasteiger partial charge on any atom is 0.0113 e. The van der Waals surface area contributed by atoms with Gasteiger partial charge in [-0.3, -0.25) is 4.90 Å². The minimum absolute atomic E-state index is 0.451. The summed E-state index contributed by atoms with van der Waals surface area (Å²) in [4.78, 5) is 2.64. The molecular weight excluding hydrogens is 172 g/mol. The van der Waals surface area contributed by atoms with E-state index in [9.17, 15) is 0 Å². The third kappa shape index (κ3) is 2.96. The van der Waals surface area contributed by atoms with Crippen LogP contribution in [0.3, 0.4) is 0 Å². The zero-order valence-electron chi connectivity index (χ0n) is 10.00. The van der Waals surface area contributed by atoms with Gasteiger partial charge in [-0.25, -0.2) is 0 Å². The average molecular weight is 198 g/mol. The molecule has 0 heterocycles. The van der Waals surface area contributed by atoms with Crippen molar-refractivity contribution in [3.05, 3.63) is 0 Å². The highest BCUT2D eigenvalue weighted by atomic mass is 15.2. The first-order chi connectivity index (χ1) is 6.69. The number of nitrogens with zero attached hydrogens (tertiary/aromatic N) is 1. The first-order valence-corrected chi connectivity index (χ1v) is 6.20. The maximum absolute atomic E-state index is 6.03. The summed E-state index contributed by atoms with van der Waals surface area (Å²) >= 11 is 0. The molecule has 1 aliphatic rings. The van der Waals surface area contributed by atoms with Gasteiger partial charge in [0.05, 0.1) is 0 Å². The minimum atomic E-state index is 0.451. The standard InChI is InChI=1S/C12H26N2/c1-4-10(3)14(5-2)12-8-6-7-11(13)9-12/h10-12H,4-9,13H2,1-3H3. The van der Waals surface area contributed by atoms with Gasteiger partial charge < -0.3 is 5.73 Å². The van der Waals surface area contributed by atoms with Crippen molar-refractivity contribution in [3.8, 4) is 0 Å². The van der Waals surface area contributed by atoms with E-state index >= 15 is 0 Å². The molecule has 3 atom stereocenters. The van der Waals surface area contributed by atoms with Crippen LogP contribution in [0.1, 0.15) is 52.9 Å². The van der Waals surface area contributed by atoms with E-state index in [1.165, 1.54) is 38.6 Å². The van der Waals surface area contributed by atoms with Crippen LogP contribution in [-0.2, 0) is 0 Å². The zero-order valence-corrected chi connectivity index (χ0v) is 10.00. The van der Waals surface area contributed by atoms with E-state index in [1.807, 2.05) is 0 Å². The Bertz CT molecular complexity index is 158. The summed E-state index contributed by atoms with van der Waals surface area (Å²) in [6.45, 7) is 8.05.